The predicted molar refractivity (Wildman–Crippen MR) is 76.5 cm³/mol. The summed E-state index contributed by atoms with van der Waals surface area (Å²) in [6, 6.07) is 7.78. The van der Waals surface area contributed by atoms with E-state index in [1.165, 1.54) is 24.3 Å². The summed E-state index contributed by atoms with van der Waals surface area (Å²) < 4.78 is 39.9. The first kappa shape index (κ1) is 17.1. The second-order valence-corrected chi connectivity index (χ2v) is 4.49. The summed E-state index contributed by atoms with van der Waals surface area (Å²) in [4.78, 5) is 21.1. The third-order valence-electron chi connectivity index (χ3n) is 2.81. The highest BCUT2D eigenvalue weighted by molar-refractivity contribution is 5.90. The lowest BCUT2D eigenvalue weighted by Gasteiger charge is -2.11. The number of anilines is 2. The SMILES string of the molecule is O=C(O)c1ccc(Nc2ccc(OC(F)(F)F)cc2)c([N+](=O)[O-])c1. The van der Waals surface area contributed by atoms with Crippen LogP contribution in [0, 0.1) is 10.1 Å². The highest BCUT2D eigenvalue weighted by Crippen LogP contribution is 2.30. The van der Waals surface area contributed by atoms with Crippen LogP contribution in [0.15, 0.2) is 42.5 Å². The van der Waals surface area contributed by atoms with Crippen molar-refractivity contribution in [2.45, 2.75) is 6.36 Å². The Morgan fingerprint density at radius 3 is 2.29 bits per heavy atom. The second-order valence-electron chi connectivity index (χ2n) is 4.49. The molecule has 126 valence electrons. The molecule has 0 amide bonds. The minimum Gasteiger partial charge on any atom is -0.478 e. The molecule has 0 heterocycles. The van der Waals surface area contributed by atoms with Crippen LogP contribution in [0.2, 0.25) is 0 Å². The topological polar surface area (TPSA) is 102 Å². The van der Waals surface area contributed by atoms with E-state index in [4.69, 9.17) is 5.11 Å². The molecule has 0 bridgehead atoms. The van der Waals surface area contributed by atoms with E-state index in [0.29, 0.717) is 0 Å². The number of hydrogen-bond acceptors (Lipinski definition) is 5. The van der Waals surface area contributed by atoms with E-state index in [9.17, 15) is 28.1 Å². The average Bonchev–Trinajstić information content (AvgIpc) is 2.47. The predicted octanol–water partition coefficient (Wildman–Crippen LogP) is 3.94. The number of nitro benzene ring substituents is 1. The fraction of sp³-hybridized carbons (Fsp3) is 0.0714. The standard InChI is InChI=1S/C14H9F3N2O5/c15-14(16,17)24-10-4-2-9(3-5-10)18-11-6-1-8(13(20)21)7-12(11)19(22)23/h1-7,18H,(H,20,21). The number of carboxylic acids is 1. The molecule has 0 spiro atoms. The molecule has 0 fully saturated rings. The molecule has 0 saturated carbocycles. The number of carboxylic acid groups (broad SMARTS) is 1. The fourth-order valence-corrected chi connectivity index (χ4v) is 1.82. The minimum atomic E-state index is -4.82. The lowest BCUT2D eigenvalue weighted by molar-refractivity contribution is -0.383. The number of nitro groups is 1. The van der Waals surface area contributed by atoms with Gasteiger partial charge in [-0.05, 0) is 36.4 Å². The van der Waals surface area contributed by atoms with Crippen LogP contribution in [0.5, 0.6) is 5.75 Å². The molecule has 0 radical (unpaired) electrons. The van der Waals surface area contributed by atoms with Crippen molar-refractivity contribution in [2.75, 3.05) is 5.32 Å². The molecule has 10 heteroatoms. The number of nitrogens with one attached hydrogen (secondary N) is 1. The van der Waals surface area contributed by atoms with Crippen molar-refractivity contribution in [3.05, 3.63) is 58.1 Å². The van der Waals surface area contributed by atoms with Crippen LogP contribution in [0.25, 0.3) is 0 Å². The van der Waals surface area contributed by atoms with Gasteiger partial charge in [0.2, 0.25) is 0 Å². The van der Waals surface area contributed by atoms with Crippen LogP contribution in [0.4, 0.5) is 30.2 Å². The molecule has 0 aliphatic heterocycles. The zero-order valence-electron chi connectivity index (χ0n) is 11.7. The number of rotatable bonds is 5. The lowest BCUT2D eigenvalue weighted by Crippen LogP contribution is -2.16. The van der Waals surface area contributed by atoms with Crippen LogP contribution in [0.1, 0.15) is 10.4 Å². The molecule has 7 nitrogen and oxygen atoms in total. The Balaban J connectivity index is 2.24. The smallest absolute Gasteiger partial charge is 0.478 e. The first-order chi connectivity index (χ1) is 11.2. The first-order valence-electron chi connectivity index (χ1n) is 6.30. The van der Waals surface area contributed by atoms with Crippen molar-refractivity contribution < 1.29 is 32.7 Å². The zero-order chi connectivity index (χ0) is 17.9. The number of ether oxygens (including phenoxy) is 1. The lowest BCUT2D eigenvalue weighted by atomic mass is 10.1. The normalized spacial score (nSPS) is 11.0. The van der Waals surface area contributed by atoms with Gasteiger partial charge >= 0.3 is 12.3 Å². The van der Waals surface area contributed by atoms with Crippen LogP contribution in [0.3, 0.4) is 0 Å². The Labute approximate surface area is 132 Å². The van der Waals surface area contributed by atoms with Crippen molar-refractivity contribution in [3.63, 3.8) is 0 Å². The van der Waals surface area contributed by atoms with E-state index < -0.39 is 28.7 Å². The summed E-state index contributed by atoms with van der Waals surface area (Å²) in [5, 5.41) is 22.5. The number of hydrogen-bond donors (Lipinski definition) is 2. The number of aromatic carboxylic acids is 1. The van der Waals surface area contributed by atoms with Crippen molar-refractivity contribution in [1.29, 1.82) is 0 Å². The van der Waals surface area contributed by atoms with Crippen molar-refractivity contribution in [1.82, 2.24) is 0 Å². The van der Waals surface area contributed by atoms with Gasteiger partial charge in [-0.2, -0.15) is 0 Å². The second kappa shape index (κ2) is 6.44. The van der Waals surface area contributed by atoms with Gasteiger partial charge in [-0.15, -0.1) is 13.2 Å². The summed E-state index contributed by atoms with van der Waals surface area (Å²) in [5.41, 5.74) is -0.489. The van der Waals surface area contributed by atoms with Gasteiger partial charge in [0, 0.05) is 11.8 Å². The van der Waals surface area contributed by atoms with Gasteiger partial charge in [0.25, 0.3) is 5.69 Å². The van der Waals surface area contributed by atoms with Gasteiger partial charge in [0.1, 0.15) is 11.4 Å². The van der Waals surface area contributed by atoms with E-state index >= 15 is 0 Å². The zero-order valence-corrected chi connectivity index (χ0v) is 11.7. The van der Waals surface area contributed by atoms with Gasteiger partial charge in [0.05, 0.1) is 10.5 Å². The number of benzene rings is 2. The van der Waals surface area contributed by atoms with E-state index in [0.717, 1.165) is 18.2 Å². The Morgan fingerprint density at radius 1 is 1.17 bits per heavy atom. The van der Waals surface area contributed by atoms with Crippen LogP contribution >= 0.6 is 0 Å². The first-order valence-corrected chi connectivity index (χ1v) is 6.30. The summed E-state index contributed by atoms with van der Waals surface area (Å²) in [6.45, 7) is 0. The fourth-order valence-electron chi connectivity index (χ4n) is 1.82. The monoisotopic (exact) mass is 342 g/mol. The molecular formula is C14H9F3N2O5. The summed E-state index contributed by atoms with van der Waals surface area (Å²) in [7, 11) is 0. The Kier molecular flexibility index (Phi) is 4.58. The Morgan fingerprint density at radius 2 is 1.79 bits per heavy atom. The molecule has 0 atom stereocenters. The number of nitrogens with zero attached hydrogens (tertiary/aromatic N) is 1. The molecule has 0 aliphatic rings. The van der Waals surface area contributed by atoms with Gasteiger partial charge < -0.3 is 15.2 Å². The third kappa shape index (κ3) is 4.35. The highest BCUT2D eigenvalue weighted by Gasteiger charge is 2.31. The molecular weight excluding hydrogens is 333 g/mol. The maximum atomic E-state index is 12.1. The summed E-state index contributed by atoms with van der Waals surface area (Å²) in [6.07, 6.45) is -4.82. The Bertz CT molecular complexity index is 775. The maximum Gasteiger partial charge on any atom is 0.573 e. The number of alkyl halides is 3. The quantitative estimate of drug-likeness (QED) is 0.630. The van der Waals surface area contributed by atoms with Gasteiger partial charge in [-0.3, -0.25) is 10.1 Å². The molecule has 24 heavy (non-hydrogen) atoms. The van der Waals surface area contributed by atoms with E-state index in [2.05, 4.69) is 10.1 Å². The summed E-state index contributed by atoms with van der Waals surface area (Å²) >= 11 is 0. The van der Waals surface area contributed by atoms with E-state index in [1.807, 2.05) is 0 Å². The van der Waals surface area contributed by atoms with Crippen molar-refractivity contribution >= 4 is 23.0 Å². The minimum absolute atomic E-state index is 0.00510. The van der Waals surface area contributed by atoms with Gasteiger partial charge in [-0.25, -0.2) is 4.79 Å². The molecule has 2 aromatic carbocycles. The number of halogens is 3. The third-order valence-corrected chi connectivity index (χ3v) is 2.81. The molecule has 0 saturated heterocycles. The van der Waals surface area contributed by atoms with E-state index in [1.54, 1.807) is 0 Å². The van der Waals surface area contributed by atoms with E-state index in [-0.39, 0.29) is 16.9 Å². The van der Waals surface area contributed by atoms with Crippen LogP contribution in [-0.4, -0.2) is 22.4 Å². The van der Waals surface area contributed by atoms with Gasteiger partial charge in [0.15, 0.2) is 0 Å². The van der Waals surface area contributed by atoms with Gasteiger partial charge in [-0.1, -0.05) is 0 Å². The highest BCUT2D eigenvalue weighted by atomic mass is 19.4. The molecule has 2 N–H and O–H groups in total. The molecule has 0 aliphatic carbocycles. The summed E-state index contributed by atoms with van der Waals surface area (Å²) in [5.74, 6) is -1.76. The molecule has 0 aromatic heterocycles. The molecule has 2 aromatic rings. The molecule has 2 rings (SSSR count). The maximum absolute atomic E-state index is 12.1. The largest absolute Gasteiger partial charge is 0.573 e. The number of carbonyl (C=O) groups is 1. The van der Waals surface area contributed by atoms with Crippen LogP contribution < -0.4 is 10.1 Å². The Hall–Kier alpha value is -3.30. The van der Waals surface area contributed by atoms with Crippen molar-refractivity contribution in [2.24, 2.45) is 0 Å². The van der Waals surface area contributed by atoms with Crippen LogP contribution in [-0.2, 0) is 0 Å². The molecule has 0 unspecified atom stereocenters. The average molecular weight is 342 g/mol. The van der Waals surface area contributed by atoms with Crippen molar-refractivity contribution in [3.8, 4) is 5.75 Å².